The average molecular weight is 260 g/mol. The van der Waals surface area contributed by atoms with E-state index in [1.165, 1.54) is 0 Å². The van der Waals surface area contributed by atoms with Crippen molar-refractivity contribution in [1.82, 2.24) is 19.5 Å². The predicted molar refractivity (Wildman–Crippen MR) is 68.4 cm³/mol. The number of aromatic nitrogens is 4. The van der Waals surface area contributed by atoms with Crippen LogP contribution in [0.15, 0.2) is 28.5 Å². The fraction of sp³-hybridized carbons (Fsp3) is 0.250. The van der Waals surface area contributed by atoms with Crippen LogP contribution in [0.1, 0.15) is 16.6 Å². The summed E-state index contributed by atoms with van der Waals surface area (Å²) in [6, 6.07) is 0. The van der Waals surface area contributed by atoms with E-state index in [9.17, 15) is 0 Å². The van der Waals surface area contributed by atoms with Crippen molar-refractivity contribution < 1.29 is 4.42 Å². The lowest BCUT2D eigenvalue weighted by Crippen LogP contribution is -1.95. The molecule has 0 spiro atoms. The van der Waals surface area contributed by atoms with Gasteiger partial charge in [-0.15, -0.1) is 11.3 Å². The molecule has 0 amide bonds. The van der Waals surface area contributed by atoms with Crippen molar-refractivity contribution in [2.75, 3.05) is 0 Å². The number of aryl methyl sites for hydroxylation is 2. The summed E-state index contributed by atoms with van der Waals surface area (Å²) >= 11 is 1.61. The zero-order chi connectivity index (χ0) is 12.5. The molecule has 0 aliphatic rings. The van der Waals surface area contributed by atoms with Crippen LogP contribution in [0.3, 0.4) is 0 Å². The van der Waals surface area contributed by atoms with Crippen LogP contribution in [0.2, 0.25) is 0 Å². The van der Waals surface area contributed by atoms with Gasteiger partial charge in [-0.1, -0.05) is 0 Å². The molecule has 0 aromatic carbocycles. The first-order valence-electron chi connectivity index (χ1n) is 5.57. The summed E-state index contributed by atoms with van der Waals surface area (Å²) in [4.78, 5) is 12.8. The first kappa shape index (κ1) is 11.2. The molecule has 6 heteroatoms. The lowest BCUT2D eigenvalue weighted by Gasteiger charge is -1.96. The van der Waals surface area contributed by atoms with E-state index in [4.69, 9.17) is 4.42 Å². The van der Waals surface area contributed by atoms with E-state index in [-0.39, 0.29) is 0 Å². The van der Waals surface area contributed by atoms with Crippen molar-refractivity contribution in [3.05, 3.63) is 40.7 Å². The van der Waals surface area contributed by atoms with Gasteiger partial charge in [-0.2, -0.15) is 0 Å². The highest BCUT2D eigenvalue weighted by molar-refractivity contribution is 7.09. The molecule has 3 rings (SSSR count). The summed E-state index contributed by atoms with van der Waals surface area (Å²) in [5.74, 6) is 1.44. The molecule has 0 unspecified atom stereocenters. The minimum Gasteiger partial charge on any atom is -0.439 e. The lowest BCUT2D eigenvalue weighted by atomic mass is 10.3. The molecule has 0 radical (unpaired) electrons. The normalized spacial score (nSPS) is 11.0. The second kappa shape index (κ2) is 4.38. The Bertz CT molecular complexity index is 653. The Kier molecular flexibility index (Phi) is 2.71. The van der Waals surface area contributed by atoms with Crippen LogP contribution < -0.4 is 0 Å². The summed E-state index contributed by atoms with van der Waals surface area (Å²) in [5.41, 5.74) is 1.74. The summed E-state index contributed by atoms with van der Waals surface area (Å²) in [7, 11) is 0. The van der Waals surface area contributed by atoms with Crippen molar-refractivity contribution in [3.63, 3.8) is 0 Å². The molecule has 92 valence electrons. The second-order valence-electron chi connectivity index (χ2n) is 4.01. The van der Waals surface area contributed by atoms with Crippen molar-refractivity contribution in [3.8, 4) is 11.5 Å². The number of hydrogen-bond donors (Lipinski definition) is 0. The molecule has 5 nitrogen and oxygen atoms in total. The Labute approximate surface area is 108 Å². The van der Waals surface area contributed by atoms with Gasteiger partial charge in [-0.3, -0.25) is 0 Å². The first-order chi connectivity index (χ1) is 8.72. The molecule has 0 saturated heterocycles. The summed E-state index contributed by atoms with van der Waals surface area (Å²) < 4.78 is 7.55. The van der Waals surface area contributed by atoms with Gasteiger partial charge in [0.25, 0.3) is 0 Å². The summed E-state index contributed by atoms with van der Waals surface area (Å²) in [5, 5.41) is 3.02. The van der Waals surface area contributed by atoms with E-state index in [1.54, 1.807) is 23.9 Å². The Morgan fingerprint density at radius 3 is 2.89 bits per heavy atom. The topological polar surface area (TPSA) is 56.7 Å². The molecule has 0 atom stereocenters. The van der Waals surface area contributed by atoms with E-state index < -0.39 is 0 Å². The number of nitrogens with zero attached hydrogens (tertiary/aromatic N) is 4. The van der Waals surface area contributed by atoms with Crippen LogP contribution in [0.4, 0.5) is 0 Å². The molecule has 0 aliphatic heterocycles. The zero-order valence-electron chi connectivity index (χ0n) is 10.1. The van der Waals surface area contributed by atoms with Gasteiger partial charge in [0.2, 0.25) is 0 Å². The predicted octanol–water partition coefficient (Wildman–Crippen LogP) is 2.66. The number of thiazole rings is 1. The highest BCUT2D eigenvalue weighted by Crippen LogP contribution is 2.26. The van der Waals surface area contributed by atoms with E-state index in [0.717, 1.165) is 28.7 Å². The summed E-state index contributed by atoms with van der Waals surface area (Å²) in [6.07, 6.45) is 5.47. The second-order valence-corrected chi connectivity index (χ2v) is 4.95. The Morgan fingerprint density at radius 2 is 2.22 bits per heavy atom. The lowest BCUT2D eigenvalue weighted by molar-refractivity contribution is 0.532. The van der Waals surface area contributed by atoms with Gasteiger partial charge in [0.15, 0.2) is 11.7 Å². The van der Waals surface area contributed by atoms with E-state index in [0.29, 0.717) is 5.89 Å². The quantitative estimate of drug-likeness (QED) is 0.726. The molecular formula is C12H12N4OS. The fourth-order valence-corrected chi connectivity index (χ4v) is 2.58. The third kappa shape index (κ3) is 2.06. The van der Waals surface area contributed by atoms with Crippen LogP contribution in [0, 0.1) is 13.8 Å². The molecule has 3 heterocycles. The van der Waals surface area contributed by atoms with Crippen LogP contribution in [-0.2, 0) is 6.54 Å². The van der Waals surface area contributed by atoms with E-state index in [1.807, 2.05) is 30.0 Å². The van der Waals surface area contributed by atoms with Gasteiger partial charge in [0, 0.05) is 24.7 Å². The smallest absolute Gasteiger partial charge is 0.192 e. The molecular weight excluding hydrogens is 248 g/mol. The zero-order valence-corrected chi connectivity index (χ0v) is 10.9. The van der Waals surface area contributed by atoms with E-state index in [2.05, 4.69) is 15.0 Å². The largest absolute Gasteiger partial charge is 0.439 e. The first-order valence-corrected chi connectivity index (χ1v) is 6.45. The summed E-state index contributed by atoms with van der Waals surface area (Å²) in [6.45, 7) is 4.51. The van der Waals surface area contributed by atoms with Crippen molar-refractivity contribution in [1.29, 1.82) is 0 Å². The third-order valence-electron chi connectivity index (χ3n) is 2.56. The van der Waals surface area contributed by atoms with Gasteiger partial charge in [0.05, 0.1) is 18.6 Å². The molecule has 3 aromatic rings. The fourth-order valence-electron chi connectivity index (χ4n) is 1.79. The number of oxazole rings is 1. The number of hydrogen-bond acceptors (Lipinski definition) is 5. The van der Waals surface area contributed by atoms with E-state index >= 15 is 0 Å². The van der Waals surface area contributed by atoms with Crippen molar-refractivity contribution in [2.24, 2.45) is 0 Å². The Morgan fingerprint density at radius 1 is 1.33 bits per heavy atom. The minimum atomic E-state index is 0.673. The SMILES string of the molecule is Cc1nc(C)c(-c2csc(Cn3ccnc3)n2)o1. The standard InChI is InChI=1S/C12H12N4OS/c1-8-12(17-9(2)14-8)10-6-18-11(15-10)5-16-4-3-13-7-16/h3-4,6-7H,5H2,1-2H3. The van der Waals surface area contributed by atoms with Crippen molar-refractivity contribution >= 4 is 11.3 Å². The molecule has 18 heavy (non-hydrogen) atoms. The minimum absolute atomic E-state index is 0.673. The van der Waals surface area contributed by atoms with Crippen LogP contribution in [-0.4, -0.2) is 19.5 Å². The Hall–Kier alpha value is -1.95. The molecule has 0 fully saturated rings. The van der Waals surface area contributed by atoms with Gasteiger partial charge in [0.1, 0.15) is 10.7 Å². The number of imidazole rings is 1. The Balaban J connectivity index is 1.87. The maximum Gasteiger partial charge on any atom is 0.192 e. The maximum absolute atomic E-state index is 5.56. The maximum atomic E-state index is 5.56. The van der Waals surface area contributed by atoms with Crippen LogP contribution in [0.5, 0.6) is 0 Å². The molecule has 0 N–H and O–H groups in total. The molecule has 0 aliphatic carbocycles. The van der Waals surface area contributed by atoms with Gasteiger partial charge in [-0.05, 0) is 6.92 Å². The number of rotatable bonds is 3. The van der Waals surface area contributed by atoms with Crippen LogP contribution >= 0.6 is 11.3 Å². The third-order valence-corrected chi connectivity index (χ3v) is 3.40. The molecule has 3 aromatic heterocycles. The average Bonchev–Trinajstić information content (AvgIpc) is 3.01. The van der Waals surface area contributed by atoms with Gasteiger partial charge < -0.3 is 8.98 Å². The van der Waals surface area contributed by atoms with Crippen molar-refractivity contribution in [2.45, 2.75) is 20.4 Å². The molecule has 0 bridgehead atoms. The highest BCUT2D eigenvalue weighted by atomic mass is 32.1. The van der Waals surface area contributed by atoms with Gasteiger partial charge >= 0.3 is 0 Å². The highest BCUT2D eigenvalue weighted by Gasteiger charge is 2.13. The monoisotopic (exact) mass is 260 g/mol. The van der Waals surface area contributed by atoms with Crippen LogP contribution in [0.25, 0.3) is 11.5 Å². The molecule has 0 saturated carbocycles. The van der Waals surface area contributed by atoms with Gasteiger partial charge in [-0.25, -0.2) is 15.0 Å².